The van der Waals surface area contributed by atoms with Gasteiger partial charge in [-0.1, -0.05) is 5.16 Å². The molecule has 0 spiro atoms. The number of aromatic nitrogens is 3. The van der Waals surface area contributed by atoms with Gasteiger partial charge in [-0.15, -0.1) is 0 Å². The minimum atomic E-state index is -1.81. The fourth-order valence-corrected chi connectivity index (χ4v) is 2.32. The first kappa shape index (κ1) is 12.8. The Kier molecular flexibility index (Phi) is 3.00. The molecule has 3 heterocycles. The number of likely N-dealkylation sites (tertiary alicyclic amines) is 1. The number of hydrogen-bond donors (Lipinski definition) is 0. The predicted octanol–water partition coefficient (Wildman–Crippen LogP) is 1.47. The molecular weight excluding hydrogens is 267 g/mol. The molecule has 106 valence electrons. The number of hydrogen-bond acceptors (Lipinski definition) is 6. The lowest BCUT2D eigenvalue weighted by Crippen LogP contribution is -2.46. The summed E-state index contributed by atoms with van der Waals surface area (Å²) in [7, 11) is 0. The van der Waals surface area contributed by atoms with Crippen LogP contribution in [0.1, 0.15) is 35.0 Å². The van der Waals surface area contributed by atoms with Gasteiger partial charge in [0.1, 0.15) is 6.26 Å². The van der Waals surface area contributed by atoms with Crippen LogP contribution in [0.4, 0.5) is 4.39 Å². The first-order valence-electron chi connectivity index (χ1n) is 6.26. The van der Waals surface area contributed by atoms with Crippen LogP contribution >= 0.6 is 0 Å². The number of halogens is 1. The number of piperidine rings is 1. The van der Waals surface area contributed by atoms with Crippen molar-refractivity contribution in [3.05, 3.63) is 30.1 Å². The van der Waals surface area contributed by atoms with Crippen molar-refractivity contribution in [2.75, 3.05) is 13.1 Å². The first-order valence-corrected chi connectivity index (χ1v) is 6.26. The second kappa shape index (κ2) is 4.69. The molecule has 1 atom stereocenters. The average Bonchev–Trinajstić information content (AvgIpc) is 3.09. The van der Waals surface area contributed by atoms with Crippen LogP contribution in [0, 0.1) is 6.92 Å². The minimum Gasteiger partial charge on any atom is -0.451 e. The topological polar surface area (TPSA) is 85.3 Å². The summed E-state index contributed by atoms with van der Waals surface area (Å²) in [5.41, 5.74) is -1.64. The second-order valence-corrected chi connectivity index (χ2v) is 4.82. The quantitative estimate of drug-likeness (QED) is 0.828. The molecule has 1 aliphatic heterocycles. The molecule has 2 aromatic heterocycles. The van der Waals surface area contributed by atoms with E-state index in [-0.39, 0.29) is 30.5 Å². The number of amides is 1. The van der Waals surface area contributed by atoms with E-state index in [1.54, 1.807) is 6.92 Å². The highest BCUT2D eigenvalue weighted by molar-refractivity contribution is 5.92. The number of nitrogens with zero attached hydrogens (tertiary/aromatic N) is 4. The molecule has 0 aromatic carbocycles. The lowest BCUT2D eigenvalue weighted by atomic mass is 9.94. The summed E-state index contributed by atoms with van der Waals surface area (Å²) >= 11 is 0. The van der Waals surface area contributed by atoms with Crippen LogP contribution < -0.4 is 0 Å². The molecule has 8 heteroatoms. The van der Waals surface area contributed by atoms with Crippen LogP contribution in [0.5, 0.6) is 0 Å². The molecule has 1 fully saturated rings. The monoisotopic (exact) mass is 280 g/mol. The summed E-state index contributed by atoms with van der Waals surface area (Å²) in [6.07, 6.45) is 3.17. The van der Waals surface area contributed by atoms with E-state index in [4.69, 9.17) is 8.94 Å². The van der Waals surface area contributed by atoms with Gasteiger partial charge in [-0.2, -0.15) is 4.98 Å². The summed E-state index contributed by atoms with van der Waals surface area (Å²) < 4.78 is 24.6. The van der Waals surface area contributed by atoms with Crippen LogP contribution in [0.15, 0.2) is 21.6 Å². The van der Waals surface area contributed by atoms with Crippen molar-refractivity contribution < 1.29 is 18.1 Å². The van der Waals surface area contributed by atoms with Crippen LogP contribution in [0.25, 0.3) is 0 Å². The summed E-state index contributed by atoms with van der Waals surface area (Å²) in [5, 5.41) is 3.60. The van der Waals surface area contributed by atoms with Gasteiger partial charge in [0.25, 0.3) is 11.8 Å². The van der Waals surface area contributed by atoms with Gasteiger partial charge >= 0.3 is 0 Å². The molecule has 0 N–H and O–H groups in total. The van der Waals surface area contributed by atoms with E-state index >= 15 is 0 Å². The standard InChI is InChI=1S/C12H13FN4O3/c1-8-15-11(20-16-8)12(13)3-2-4-17(6-12)10(18)9-5-19-7-14-9/h5,7H,2-4,6H2,1H3. The van der Waals surface area contributed by atoms with Crippen LogP contribution in [-0.2, 0) is 5.67 Å². The molecule has 1 amide bonds. The third-order valence-electron chi connectivity index (χ3n) is 3.29. The Hall–Kier alpha value is -2.25. The number of oxazole rings is 1. The molecule has 20 heavy (non-hydrogen) atoms. The highest BCUT2D eigenvalue weighted by Gasteiger charge is 2.44. The Balaban J connectivity index is 1.81. The number of alkyl halides is 1. The van der Waals surface area contributed by atoms with Crippen molar-refractivity contribution in [3.63, 3.8) is 0 Å². The molecule has 1 unspecified atom stereocenters. The van der Waals surface area contributed by atoms with E-state index in [1.165, 1.54) is 17.6 Å². The molecular formula is C12H13FN4O3. The van der Waals surface area contributed by atoms with Crippen molar-refractivity contribution in [2.45, 2.75) is 25.4 Å². The van der Waals surface area contributed by atoms with Crippen LogP contribution in [-0.4, -0.2) is 39.0 Å². The number of rotatable bonds is 2. The van der Waals surface area contributed by atoms with E-state index < -0.39 is 5.67 Å². The van der Waals surface area contributed by atoms with Crippen molar-refractivity contribution in [3.8, 4) is 0 Å². The Morgan fingerprint density at radius 3 is 3.05 bits per heavy atom. The lowest BCUT2D eigenvalue weighted by Gasteiger charge is -2.34. The Bertz CT molecular complexity index is 612. The number of aryl methyl sites for hydroxylation is 1. The molecule has 0 radical (unpaired) electrons. The molecule has 1 saturated heterocycles. The molecule has 3 rings (SSSR count). The number of carbonyl (C=O) groups excluding carboxylic acids is 1. The van der Waals surface area contributed by atoms with E-state index in [2.05, 4.69) is 15.1 Å². The van der Waals surface area contributed by atoms with Gasteiger partial charge in [0.2, 0.25) is 5.67 Å². The predicted molar refractivity (Wildman–Crippen MR) is 63.5 cm³/mol. The van der Waals surface area contributed by atoms with Gasteiger partial charge < -0.3 is 13.8 Å². The van der Waals surface area contributed by atoms with Gasteiger partial charge in [0.05, 0.1) is 6.54 Å². The average molecular weight is 280 g/mol. The Morgan fingerprint density at radius 2 is 2.40 bits per heavy atom. The summed E-state index contributed by atoms with van der Waals surface area (Å²) in [6.45, 7) is 1.96. The smallest absolute Gasteiger partial charge is 0.275 e. The minimum absolute atomic E-state index is 0.0762. The molecule has 0 bridgehead atoms. The fraction of sp³-hybridized carbons (Fsp3) is 0.500. The zero-order valence-electron chi connectivity index (χ0n) is 10.9. The normalized spacial score (nSPS) is 23.0. The van der Waals surface area contributed by atoms with Gasteiger partial charge in [-0.25, -0.2) is 9.37 Å². The molecule has 7 nitrogen and oxygen atoms in total. The van der Waals surface area contributed by atoms with E-state index in [0.717, 1.165) is 0 Å². The zero-order valence-corrected chi connectivity index (χ0v) is 10.9. The van der Waals surface area contributed by atoms with Crippen molar-refractivity contribution in [2.24, 2.45) is 0 Å². The first-order chi connectivity index (χ1) is 9.58. The van der Waals surface area contributed by atoms with E-state index in [0.29, 0.717) is 18.8 Å². The van der Waals surface area contributed by atoms with E-state index in [1.807, 2.05) is 0 Å². The van der Waals surface area contributed by atoms with Gasteiger partial charge in [-0.3, -0.25) is 4.79 Å². The summed E-state index contributed by atoms with van der Waals surface area (Å²) in [6, 6.07) is 0. The second-order valence-electron chi connectivity index (χ2n) is 4.82. The largest absolute Gasteiger partial charge is 0.451 e. The maximum atomic E-state index is 14.9. The summed E-state index contributed by atoms with van der Waals surface area (Å²) in [5.74, 6) is -0.0682. The highest BCUT2D eigenvalue weighted by Crippen LogP contribution is 2.34. The van der Waals surface area contributed by atoms with Crippen molar-refractivity contribution in [1.82, 2.24) is 20.0 Å². The van der Waals surface area contributed by atoms with Gasteiger partial charge in [0, 0.05) is 6.54 Å². The van der Waals surface area contributed by atoms with Crippen molar-refractivity contribution in [1.29, 1.82) is 0 Å². The SMILES string of the molecule is Cc1noc(C2(F)CCCN(C(=O)c3cocn3)C2)n1. The Morgan fingerprint density at radius 1 is 1.55 bits per heavy atom. The maximum absolute atomic E-state index is 14.9. The summed E-state index contributed by atoms with van der Waals surface area (Å²) in [4.78, 5) is 21.3. The van der Waals surface area contributed by atoms with Crippen LogP contribution in [0.3, 0.4) is 0 Å². The van der Waals surface area contributed by atoms with Crippen molar-refractivity contribution >= 4 is 5.91 Å². The van der Waals surface area contributed by atoms with Gasteiger partial charge in [0.15, 0.2) is 17.9 Å². The van der Waals surface area contributed by atoms with Gasteiger partial charge in [-0.05, 0) is 19.8 Å². The highest BCUT2D eigenvalue weighted by atomic mass is 19.1. The molecule has 1 aliphatic rings. The number of carbonyl (C=O) groups is 1. The van der Waals surface area contributed by atoms with Crippen LogP contribution in [0.2, 0.25) is 0 Å². The maximum Gasteiger partial charge on any atom is 0.275 e. The third-order valence-corrected chi connectivity index (χ3v) is 3.29. The lowest BCUT2D eigenvalue weighted by molar-refractivity contribution is 0.0149. The zero-order chi connectivity index (χ0) is 14.2. The fourth-order valence-electron chi connectivity index (χ4n) is 2.32. The molecule has 2 aromatic rings. The van der Waals surface area contributed by atoms with E-state index in [9.17, 15) is 9.18 Å². The molecule has 0 aliphatic carbocycles. The molecule has 0 saturated carbocycles. The third kappa shape index (κ3) is 2.17. The Labute approximate surface area is 113 Å².